The van der Waals surface area contributed by atoms with E-state index in [2.05, 4.69) is 11.6 Å². The summed E-state index contributed by atoms with van der Waals surface area (Å²) in [5.74, 6) is 0.725. The smallest absolute Gasteiger partial charge is 0.218 e. The predicted molar refractivity (Wildman–Crippen MR) is 68.5 cm³/mol. The van der Waals surface area contributed by atoms with E-state index in [0.29, 0.717) is 24.3 Å². The second kappa shape index (κ2) is 4.87. The zero-order chi connectivity index (χ0) is 12.3. The zero-order valence-corrected chi connectivity index (χ0v) is 9.81. The standard InChI is InChI=1S/C14H15NO2/c1-3-7-11-13(17-4-2)10-8-5-6-9-12(10)15-14(11)16/h3,5-6,8-9H,1,4,7H2,2H3,(H,15,16). The third-order valence-electron chi connectivity index (χ3n) is 2.56. The van der Waals surface area contributed by atoms with Crippen molar-refractivity contribution < 1.29 is 9.84 Å². The van der Waals surface area contributed by atoms with Gasteiger partial charge in [-0.05, 0) is 25.5 Å². The van der Waals surface area contributed by atoms with Crippen molar-refractivity contribution in [2.45, 2.75) is 13.3 Å². The first kappa shape index (κ1) is 11.5. The molecule has 0 radical (unpaired) electrons. The molecule has 0 aliphatic rings. The highest BCUT2D eigenvalue weighted by molar-refractivity contribution is 5.87. The van der Waals surface area contributed by atoms with Gasteiger partial charge in [0.2, 0.25) is 5.88 Å². The van der Waals surface area contributed by atoms with Crippen LogP contribution < -0.4 is 4.74 Å². The lowest BCUT2D eigenvalue weighted by atomic mass is 10.1. The van der Waals surface area contributed by atoms with Crippen molar-refractivity contribution in [2.24, 2.45) is 0 Å². The molecule has 3 nitrogen and oxygen atoms in total. The molecule has 0 aliphatic carbocycles. The number of para-hydroxylation sites is 1. The van der Waals surface area contributed by atoms with E-state index in [-0.39, 0.29) is 5.88 Å². The van der Waals surface area contributed by atoms with Crippen LogP contribution in [0.5, 0.6) is 11.6 Å². The van der Waals surface area contributed by atoms with Gasteiger partial charge >= 0.3 is 0 Å². The van der Waals surface area contributed by atoms with Crippen LogP contribution in [0.15, 0.2) is 36.9 Å². The summed E-state index contributed by atoms with van der Waals surface area (Å²) in [4.78, 5) is 4.16. The van der Waals surface area contributed by atoms with Crippen LogP contribution >= 0.6 is 0 Å². The lowest BCUT2D eigenvalue weighted by Gasteiger charge is -2.13. The molecule has 0 bridgehead atoms. The van der Waals surface area contributed by atoms with E-state index < -0.39 is 0 Å². The van der Waals surface area contributed by atoms with E-state index in [1.54, 1.807) is 6.08 Å². The molecule has 0 spiro atoms. The average molecular weight is 229 g/mol. The van der Waals surface area contributed by atoms with Crippen LogP contribution in [-0.2, 0) is 6.42 Å². The molecule has 1 aromatic heterocycles. The van der Waals surface area contributed by atoms with Gasteiger partial charge < -0.3 is 9.84 Å². The minimum Gasteiger partial charge on any atom is -0.493 e. The van der Waals surface area contributed by atoms with E-state index >= 15 is 0 Å². The number of nitrogens with zero attached hydrogens (tertiary/aromatic N) is 1. The van der Waals surface area contributed by atoms with Crippen molar-refractivity contribution in [3.63, 3.8) is 0 Å². The minimum absolute atomic E-state index is 0.0204. The Morgan fingerprint density at radius 2 is 2.18 bits per heavy atom. The van der Waals surface area contributed by atoms with Crippen molar-refractivity contribution in [3.8, 4) is 11.6 Å². The Morgan fingerprint density at radius 3 is 2.88 bits per heavy atom. The number of benzene rings is 1. The Morgan fingerprint density at radius 1 is 1.41 bits per heavy atom. The number of ether oxygens (including phenoxy) is 1. The fourth-order valence-electron chi connectivity index (χ4n) is 1.85. The largest absolute Gasteiger partial charge is 0.493 e. The third-order valence-corrected chi connectivity index (χ3v) is 2.56. The van der Waals surface area contributed by atoms with Crippen LogP contribution in [0.4, 0.5) is 0 Å². The summed E-state index contributed by atoms with van der Waals surface area (Å²) in [6.45, 7) is 6.16. The Kier molecular flexibility index (Phi) is 3.28. The maximum Gasteiger partial charge on any atom is 0.218 e. The van der Waals surface area contributed by atoms with Crippen molar-refractivity contribution in [1.29, 1.82) is 0 Å². The van der Waals surface area contributed by atoms with Crippen molar-refractivity contribution in [3.05, 3.63) is 42.5 Å². The molecule has 1 N–H and O–H groups in total. The molecule has 3 heteroatoms. The first-order chi connectivity index (χ1) is 8.27. The first-order valence-corrected chi connectivity index (χ1v) is 5.62. The van der Waals surface area contributed by atoms with Gasteiger partial charge in [-0.25, -0.2) is 4.98 Å². The summed E-state index contributed by atoms with van der Waals surface area (Å²) in [7, 11) is 0. The molecule has 0 unspecified atom stereocenters. The van der Waals surface area contributed by atoms with E-state index in [0.717, 1.165) is 10.9 Å². The number of hydrogen-bond acceptors (Lipinski definition) is 3. The molecule has 0 aliphatic heterocycles. The molecule has 0 saturated heterocycles. The van der Waals surface area contributed by atoms with Gasteiger partial charge in [-0.3, -0.25) is 0 Å². The number of allylic oxidation sites excluding steroid dienone is 1. The van der Waals surface area contributed by atoms with Gasteiger partial charge in [0.25, 0.3) is 0 Å². The summed E-state index contributed by atoms with van der Waals surface area (Å²) in [6.07, 6.45) is 2.27. The maximum atomic E-state index is 9.91. The summed E-state index contributed by atoms with van der Waals surface area (Å²) in [5.41, 5.74) is 1.43. The molecule has 88 valence electrons. The number of aromatic hydroxyl groups is 1. The second-order valence-electron chi connectivity index (χ2n) is 3.69. The van der Waals surface area contributed by atoms with Crippen LogP contribution in [0.3, 0.4) is 0 Å². The molecule has 0 fully saturated rings. The van der Waals surface area contributed by atoms with E-state index in [9.17, 15) is 5.11 Å². The molecule has 17 heavy (non-hydrogen) atoms. The molecule has 1 heterocycles. The highest BCUT2D eigenvalue weighted by Crippen LogP contribution is 2.34. The molecule has 2 aromatic rings. The van der Waals surface area contributed by atoms with Gasteiger partial charge in [-0.2, -0.15) is 0 Å². The number of rotatable bonds is 4. The first-order valence-electron chi connectivity index (χ1n) is 5.62. The third kappa shape index (κ3) is 2.09. The Bertz CT molecular complexity index is 549. The maximum absolute atomic E-state index is 9.91. The Hall–Kier alpha value is -2.03. The Labute approximate surface area is 100 Å². The van der Waals surface area contributed by atoms with Crippen LogP contribution in [0, 0.1) is 0 Å². The van der Waals surface area contributed by atoms with Gasteiger partial charge in [0.15, 0.2) is 0 Å². The van der Waals surface area contributed by atoms with E-state index in [4.69, 9.17) is 4.74 Å². The highest BCUT2D eigenvalue weighted by atomic mass is 16.5. The fourth-order valence-corrected chi connectivity index (χ4v) is 1.85. The van der Waals surface area contributed by atoms with Gasteiger partial charge in [-0.1, -0.05) is 18.2 Å². The van der Waals surface area contributed by atoms with Gasteiger partial charge in [0.05, 0.1) is 17.7 Å². The number of aromatic nitrogens is 1. The SMILES string of the molecule is C=CCc1c(O)nc2ccccc2c1OCC. The molecule has 1 aromatic carbocycles. The van der Waals surface area contributed by atoms with Gasteiger partial charge in [0.1, 0.15) is 5.75 Å². The van der Waals surface area contributed by atoms with Crippen LogP contribution in [0.2, 0.25) is 0 Å². The summed E-state index contributed by atoms with van der Waals surface area (Å²) >= 11 is 0. The van der Waals surface area contributed by atoms with Crippen LogP contribution in [0.25, 0.3) is 10.9 Å². The molecule has 0 amide bonds. The monoisotopic (exact) mass is 229 g/mol. The molecule has 0 atom stereocenters. The number of pyridine rings is 1. The van der Waals surface area contributed by atoms with Gasteiger partial charge in [0, 0.05) is 5.39 Å². The fraction of sp³-hybridized carbons (Fsp3) is 0.214. The molecule has 2 rings (SSSR count). The quantitative estimate of drug-likeness (QED) is 0.819. The van der Waals surface area contributed by atoms with E-state index in [1.807, 2.05) is 31.2 Å². The molecular formula is C14H15NO2. The van der Waals surface area contributed by atoms with Crippen LogP contribution in [0.1, 0.15) is 12.5 Å². The predicted octanol–water partition coefficient (Wildman–Crippen LogP) is 3.07. The minimum atomic E-state index is 0.0204. The highest BCUT2D eigenvalue weighted by Gasteiger charge is 2.14. The molecular weight excluding hydrogens is 214 g/mol. The summed E-state index contributed by atoms with van der Waals surface area (Å²) in [5, 5.41) is 10.8. The number of fused-ring (bicyclic) bond motifs is 1. The van der Waals surface area contributed by atoms with Crippen molar-refractivity contribution in [1.82, 2.24) is 4.98 Å². The lowest BCUT2D eigenvalue weighted by molar-refractivity contribution is 0.336. The molecule has 0 saturated carbocycles. The van der Waals surface area contributed by atoms with Gasteiger partial charge in [-0.15, -0.1) is 6.58 Å². The van der Waals surface area contributed by atoms with Crippen molar-refractivity contribution in [2.75, 3.05) is 6.61 Å². The van der Waals surface area contributed by atoms with Crippen LogP contribution in [-0.4, -0.2) is 16.7 Å². The Balaban J connectivity index is 2.73. The zero-order valence-electron chi connectivity index (χ0n) is 9.81. The average Bonchev–Trinajstić information content (AvgIpc) is 2.34. The topological polar surface area (TPSA) is 42.4 Å². The van der Waals surface area contributed by atoms with E-state index in [1.165, 1.54) is 0 Å². The summed E-state index contributed by atoms with van der Waals surface area (Å²) in [6, 6.07) is 7.62. The van der Waals surface area contributed by atoms with Crippen molar-refractivity contribution >= 4 is 10.9 Å². The number of hydrogen-bond donors (Lipinski definition) is 1. The summed E-state index contributed by atoms with van der Waals surface area (Å²) < 4.78 is 5.64. The lowest BCUT2D eigenvalue weighted by Crippen LogP contribution is -1.99. The normalized spacial score (nSPS) is 10.4. The second-order valence-corrected chi connectivity index (χ2v) is 3.69.